The molecular formula is C25H23F3N2O7. The van der Waals surface area contributed by atoms with E-state index in [-0.39, 0.29) is 45.2 Å². The summed E-state index contributed by atoms with van der Waals surface area (Å²) in [6, 6.07) is 9.03. The molecule has 12 heteroatoms. The monoisotopic (exact) mass is 520 g/mol. The summed E-state index contributed by atoms with van der Waals surface area (Å²) in [5.41, 5.74) is 5.09. The molecule has 1 heterocycles. The molecule has 3 aromatic rings. The summed E-state index contributed by atoms with van der Waals surface area (Å²) in [5, 5.41) is 0.119. The van der Waals surface area contributed by atoms with Crippen LogP contribution in [0.1, 0.15) is 41.6 Å². The lowest BCUT2D eigenvalue weighted by Gasteiger charge is -2.19. The van der Waals surface area contributed by atoms with E-state index < -0.39 is 29.9 Å². The predicted molar refractivity (Wildman–Crippen MR) is 125 cm³/mol. The van der Waals surface area contributed by atoms with E-state index in [0.717, 1.165) is 6.20 Å². The van der Waals surface area contributed by atoms with Crippen molar-refractivity contribution in [2.75, 3.05) is 14.2 Å². The van der Waals surface area contributed by atoms with Crippen molar-refractivity contribution in [1.29, 1.82) is 0 Å². The molecule has 1 aromatic heterocycles. The van der Waals surface area contributed by atoms with Crippen LogP contribution in [0.15, 0.2) is 42.6 Å². The molecule has 0 aliphatic heterocycles. The van der Waals surface area contributed by atoms with Gasteiger partial charge in [0.1, 0.15) is 11.4 Å². The van der Waals surface area contributed by atoms with Gasteiger partial charge in [-0.15, -0.1) is 0 Å². The maximum Gasteiger partial charge on any atom is 0.490 e. The molecule has 1 unspecified atom stereocenters. The minimum Gasteiger partial charge on any atom is -0.493 e. The number of hydrogen-bond donors (Lipinski definition) is 1. The zero-order valence-electron chi connectivity index (χ0n) is 20.2. The number of esters is 1. The average molecular weight is 520 g/mol. The van der Waals surface area contributed by atoms with Crippen LogP contribution in [0.3, 0.4) is 0 Å². The van der Waals surface area contributed by atoms with Crippen molar-refractivity contribution < 1.29 is 46.5 Å². The summed E-state index contributed by atoms with van der Waals surface area (Å²) in [6.07, 6.45) is -6.73. The summed E-state index contributed by atoms with van der Waals surface area (Å²) in [5.74, 6) is -3.82. The summed E-state index contributed by atoms with van der Waals surface area (Å²) in [4.78, 5) is 41.1. The van der Waals surface area contributed by atoms with Gasteiger partial charge < -0.3 is 24.7 Å². The lowest BCUT2D eigenvalue weighted by Crippen LogP contribution is -2.33. The zero-order valence-corrected chi connectivity index (χ0v) is 20.2. The maximum absolute atomic E-state index is 13.5. The zero-order chi connectivity index (χ0) is 27.5. The van der Waals surface area contributed by atoms with Gasteiger partial charge in [-0.2, -0.15) is 13.2 Å². The average Bonchev–Trinajstić information content (AvgIpc) is 2.84. The molecule has 196 valence electrons. The van der Waals surface area contributed by atoms with Gasteiger partial charge in [0, 0.05) is 22.7 Å². The number of carbonyl (C=O) groups excluding carboxylic acids is 3. The quantitative estimate of drug-likeness (QED) is 0.333. The van der Waals surface area contributed by atoms with E-state index >= 15 is 0 Å². The molecule has 0 saturated heterocycles. The molecule has 0 bridgehead atoms. The molecule has 0 aliphatic rings. The van der Waals surface area contributed by atoms with E-state index in [2.05, 4.69) is 9.72 Å². The van der Waals surface area contributed by atoms with Gasteiger partial charge in [0.25, 0.3) is 5.91 Å². The molecule has 0 spiro atoms. The third kappa shape index (κ3) is 5.90. The minimum atomic E-state index is -5.38. The number of amides is 1. The summed E-state index contributed by atoms with van der Waals surface area (Å²) < 4.78 is 59.1. The highest BCUT2D eigenvalue weighted by molar-refractivity contribution is 6.16. The molecular weight excluding hydrogens is 497 g/mol. The molecule has 0 radical (unpaired) electrons. The molecule has 9 nitrogen and oxygen atoms in total. The predicted octanol–water partition coefficient (Wildman–Crippen LogP) is 3.90. The van der Waals surface area contributed by atoms with Crippen LogP contribution in [-0.2, 0) is 14.3 Å². The topological polar surface area (TPSA) is 127 Å². The van der Waals surface area contributed by atoms with Gasteiger partial charge in [-0.3, -0.25) is 14.6 Å². The molecule has 0 aliphatic carbocycles. The number of halogens is 3. The second kappa shape index (κ2) is 10.7. The first kappa shape index (κ1) is 27.2. The lowest BCUT2D eigenvalue weighted by atomic mass is 9.96. The number of benzene rings is 2. The second-order valence-corrected chi connectivity index (χ2v) is 8.02. The van der Waals surface area contributed by atoms with Crippen LogP contribution in [0.5, 0.6) is 17.2 Å². The van der Waals surface area contributed by atoms with Crippen LogP contribution < -0.4 is 19.9 Å². The molecule has 1 amide bonds. The third-order valence-corrected chi connectivity index (χ3v) is 5.10. The van der Waals surface area contributed by atoms with Crippen molar-refractivity contribution in [3.05, 3.63) is 59.4 Å². The van der Waals surface area contributed by atoms with Gasteiger partial charge in [-0.1, -0.05) is 12.1 Å². The number of alkyl halides is 3. The van der Waals surface area contributed by atoms with Crippen LogP contribution >= 0.6 is 0 Å². The number of carbonyl (C=O) groups is 3. The van der Waals surface area contributed by atoms with Crippen LogP contribution in [0.2, 0.25) is 0 Å². The van der Waals surface area contributed by atoms with Crippen LogP contribution in [0, 0.1) is 0 Å². The van der Waals surface area contributed by atoms with E-state index in [0.29, 0.717) is 5.75 Å². The first-order valence-corrected chi connectivity index (χ1v) is 10.8. The van der Waals surface area contributed by atoms with Gasteiger partial charge in [0.2, 0.25) is 11.9 Å². The van der Waals surface area contributed by atoms with E-state index in [1.165, 1.54) is 38.5 Å². The number of aromatic nitrogens is 1. The standard InChI is InChI=1S/C25H23F3N2O7/c1-12(2)36-14-7-5-6-13(8-14)21(31)20-16-10-19(35-4)18(34-3)9-15(16)17(11-30-20)22(23(29)32)37-24(33)25(26,27)28/h5-12,22H,1-4H3,(H2,29,32). The summed E-state index contributed by atoms with van der Waals surface area (Å²) in [6.45, 7) is 3.64. The van der Waals surface area contributed by atoms with Crippen LogP contribution in [-0.4, -0.2) is 49.1 Å². The van der Waals surface area contributed by atoms with Gasteiger partial charge in [-0.05, 0) is 43.5 Å². The Balaban J connectivity index is 2.24. The highest BCUT2D eigenvalue weighted by atomic mass is 19.4. The number of rotatable bonds is 9. The molecule has 0 fully saturated rings. The van der Waals surface area contributed by atoms with E-state index in [9.17, 15) is 27.6 Å². The first-order valence-electron chi connectivity index (χ1n) is 10.8. The molecule has 1 atom stereocenters. The Morgan fingerprint density at radius 2 is 1.59 bits per heavy atom. The smallest absolute Gasteiger partial charge is 0.490 e. The number of ketones is 1. The number of nitrogens with zero attached hydrogens (tertiary/aromatic N) is 1. The fourth-order valence-electron chi connectivity index (χ4n) is 3.54. The van der Waals surface area contributed by atoms with Crippen molar-refractivity contribution in [3.63, 3.8) is 0 Å². The highest BCUT2D eigenvalue weighted by Crippen LogP contribution is 2.38. The van der Waals surface area contributed by atoms with Gasteiger partial charge in [0.15, 0.2) is 11.5 Å². The number of pyridine rings is 1. The Morgan fingerprint density at radius 3 is 2.14 bits per heavy atom. The Morgan fingerprint density at radius 1 is 0.973 bits per heavy atom. The van der Waals surface area contributed by atoms with Crippen molar-refractivity contribution in [1.82, 2.24) is 4.98 Å². The number of hydrogen-bond acceptors (Lipinski definition) is 8. The Labute approximate surface area is 209 Å². The fraction of sp³-hybridized carbons (Fsp3) is 0.280. The third-order valence-electron chi connectivity index (χ3n) is 5.10. The summed E-state index contributed by atoms with van der Waals surface area (Å²) >= 11 is 0. The molecule has 37 heavy (non-hydrogen) atoms. The Kier molecular flexibility index (Phi) is 7.90. The fourth-order valence-corrected chi connectivity index (χ4v) is 3.54. The van der Waals surface area contributed by atoms with Crippen molar-refractivity contribution in [2.24, 2.45) is 5.73 Å². The SMILES string of the molecule is COc1cc2c(C(OC(=O)C(F)(F)F)C(N)=O)cnc(C(=O)c3cccc(OC(C)C)c3)c2cc1OC. The molecule has 2 aromatic carbocycles. The Bertz CT molecular complexity index is 1360. The number of primary amides is 1. The number of methoxy groups -OCH3 is 2. The van der Waals surface area contributed by atoms with Crippen molar-refractivity contribution >= 4 is 28.4 Å². The van der Waals surface area contributed by atoms with E-state index in [1.54, 1.807) is 12.1 Å². The first-order chi connectivity index (χ1) is 17.4. The van der Waals surface area contributed by atoms with Gasteiger partial charge in [0.05, 0.1) is 20.3 Å². The number of fused-ring (bicyclic) bond motifs is 1. The van der Waals surface area contributed by atoms with Gasteiger partial charge in [-0.25, -0.2) is 4.79 Å². The van der Waals surface area contributed by atoms with Crippen molar-refractivity contribution in [2.45, 2.75) is 32.2 Å². The normalized spacial score (nSPS) is 12.2. The highest BCUT2D eigenvalue weighted by Gasteiger charge is 2.44. The minimum absolute atomic E-state index is 0.0318. The number of ether oxygens (including phenoxy) is 4. The van der Waals surface area contributed by atoms with E-state index in [4.69, 9.17) is 19.9 Å². The number of nitrogens with two attached hydrogens (primary N) is 1. The molecule has 2 N–H and O–H groups in total. The molecule has 0 saturated carbocycles. The van der Waals surface area contributed by atoms with Crippen LogP contribution in [0.4, 0.5) is 13.2 Å². The largest absolute Gasteiger partial charge is 0.493 e. The second-order valence-electron chi connectivity index (χ2n) is 8.02. The lowest BCUT2D eigenvalue weighted by molar-refractivity contribution is -0.205. The maximum atomic E-state index is 13.5. The summed E-state index contributed by atoms with van der Waals surface area (Å²) in [7, 11) is 2.65. The molecule has 3 rings (SSSR count). The van der Waals surface area contributed by atoms with Gasteiger partial charge >= 0.3 is 12.1 Å². The van der Waals surface area contributed by atoms with E-state index in [1.807, 2.05) is 13.8 Å². The van der Waals surface area contributed by atoms with Crippen LogP contribution in [0.25, 0.3) is 10.8 Å². The Hall–Kier alpha value is -4.35. The van der Waals surface area contributed by atoms with Crippen molar-refractivity contribution in [3.8, 4) is 17.2 Å².